The first kappa shape index (κ1) is 19.3. The van der Waals surface area contributed by atoms with E-state index in [0.717, 1.165) is 5.70 Å². The second kappa shape index (κ2) is 8.05. The van der Waals surface area contributed by atoms with Crippen molar-refractivity contribution >= 4 is 17.4 Å². The third kappa shape index (κ3) is 3.64. The Morgan fingerprint density at radius 3 is 2.93 bits per heavy atom. The van der Waals surface area contributed by atoms with Crippen molar-refractivity contribution in [2.45, 2.75) is 38.5 Å². The molecule has 0 radical (unpaired) electrons. The maximum atomic E-state index is 12.8. The molecule has 1 aromatic carbocycles. The van der Waals surface area contributed by atoms with Crippen LogP contribution in [0.15, 0.2) is 46.8 Å². The average Bonchev–Trinajstić information content (AvgIpc) is 2.67. The summed E-state index contributed by atoms with van der Waals surface area (Å²) in [5, 5.41) is 23.0. The fourth-order valence-electron chi connectivity index (χ4n) is 3.67. The number of nitrogens with zero attached hydrogens (tertiary/aromatic N) is 2. The molecule has 0 saturated carbocycles. The molecule has 1 atom stereocenters. The third-order valence-electron chi connectivity index (χ3n) is 4.86. The molecule has 0 spiro atoms. The highest BCUT2D eigenvalue weighted by Gasteiger charge is 2.39. The van der Waals surface area contributed by atoms with E-state index in [1.165, 1.54) is 18.2 Å². The van der Waals surface area contributed by atoms with Crippen molar-refractivity contribution in [1.82, 2.24) is 5.32 Å². The normalized spacial score (nSPS) is 18.9. The number of Topliss-reactive ketones (excluding diaryl/α,β-unsaturated/α-hetero) is 1. The quantitative estimate of drug-likeness (QED) is 0.360. The van der Waals surface area contributed by atoms with Gasteiger partial charge in [0.2, 0.25) is 0 Å². The van der Waals surface area contributed by atoms with E-state index in [0.29, 0.717) is 36.1 Å². The largest absolute Gasteiger partial charge is 0.461 e. The summed E-state index contributed by atoms with van der Waals surface area (Å²) in [7, 11) is 0. The van der Waals surface area contributed by atoms with Crippen LogP contribution in [0.2, 0.25) is 0 Å². The van der Waals surface area contributed by atoms with Gasteiger partial charge in [0.05, 0.1) is 23.0 Å². The topological polar surface area (TPSA) is 122 Å². The Labute approximate surface area is 161 Å². The number of hydrogen-bond acceptors (Lipinski definition) is 7. The van der Waals surface area contributed by atoms with Crippen molar-refractivity contribution in [2.24, 2.45) is 0 Å². The van der Waals surface area contributed by atoms with Crippen molar-refractivity contribution in [2.75, 3.05) is 6.61 Å². The molecule has 0 aromatic heterocycles. The zero-order valence-corrected chi connectivity index (χ0v) is 15.4. The Morgan fingerprint density at radius 2 is 2.21 bits per heavy atom. The summed E-state index contributed by atoms with van der Waals surface area (Å²) in [5.74, 6) is -1.46. The Kier molecular flexibility index (Phi) is 5.54. The van der Waals surface area contributed by atoms with Crippen LogP contribution in [0, 0.1) is 21.4 Å². The molecule has 8 nitrogen and oxygen atoms in total. The lowest BCUT2D eigenvalue weighted by atomic mass is 9.75. The van der Waals surface area contributed by atoms with Crippen LogP contribution in [0.4, 0.5) is 5.69 Å². The SMILES string of the molecule is CC1=C(C(=O)OCCC#N)C(c2cccc([N+](=O)[O-])c2)C2=C(CCCC2=O)N1. The summed E-state index contributed by atoms with van der Waals surface area (Å²) < 4.78 is 5.21. The molecule has 0 saturated heterocycles. The summed E-state index contributed by atoms with van der Waals surface area (Å²) in [4.78, 5) is 36.2. The van der Waals surface area contributed by atoms with Crippen molar-refractivity contribution in [3.8, 4) is 6.07 Å². The lowest BCUT2D eigenvalue weighted by molar-refractivity contribution is -0.384. The maximum Gasteiger partial charge on any atom is 0.336 e. The lowest BCUT2D eigenvalue weighted by Crippen LogP contribution is -2.34. The summed E-state index contributed by atoms with van der Waals surface area (Å²) in [6, 6.07) is 7.87. The van der Waals surface area contributed by atoms with Crippen LogP contribution in [0.25, 0.3) is 0 Å². The van der Waals surface area contributed by atoms with Crippen molar-refractivity contribution < 1.29 is 19.2 Å². The van der Waals surface area contributed by atoms with Crippen LogP contribution >= 0.6 is 0 Å². The molecule has 8 heteroatoms. The van der Waals surface area contributed by atoms with Gasteiger partial charge in [-0.2, -0.15) is 5.26 Å². The molecule has 2 aliphatic rings. The fraction of sp³-hybridized carbons (Fsp3) is 0.350. The van der Waals surface area contributed by atoms with E-state index in [9.17, 15) is 19.7 Å². The van der Waals surface area contributed by atoms with E-state index in [2.05, 4.69) is 5.32 Å². The van der Waals surface area contributed by atoms with E-state index < -0.39 is 16.8 Å². The molecular formula is C20H19N3O5. The second-order valence-corrected chi connectivity index (χ2v) is 6.66. The number of dihydropyridines is 1. The molecular weight excluding hydrogens is 362 g/mol. The number of nitrogens with one attached hydrogen (secondary N) is 1. The number of ketones is 1. The Morgan fingerprint density at radius 1 is 1.43 bits per heavy atom. The molecule has 0 bridgehead atoms. The molecule has 28 heavy (non-hydrogen) atoms. The monoisotopic (exact) mass is 381 g/mol. The van der Waals surface area contributed by atoms with Crippen molar-refractivity contribution in [3.05, 3.63) is 62.5 Å². The molecule has 1 aliphatic carbocycles. The van der Waals surface area contributed by atoms with Gasteiger partial charge in [0.1, 0.15) is 6.61 Å². The third-order valence-corrected chi connectivity index (χ3v) is 4.86. The van der Waals surface area contributed by atoms with E-state index in [1.807, 2.05) is 6.07 Å². The Bertz CT molecular complexity index is 955. The number of nitriles is 1. The number of rotatable bonds is 5. The number of benzene rings is 1. The molecule has 1 aliphatic heterocycles. The van der Waals surface area contributed by atoms with Crippen molar-refractivity contribution in [1.29, 1.82) is 5.26 Å². The molecule has 144 valence electrons. The van der Waals surface area contributed by atoms with Gasteiger partial charge >= 0.3 is 5.97 Å². The maximum absolute atomic E-state index is 12.8. The molecule has 0 fully saturated rings. The first-order valence-electron chi connectivity index (χ1n) is 8.96. The number of hydrogen-bond donors (Lipinski definition) is 1. The first-order chi connectivity index (χ1) is 13.4. The minimum Gasteiger partial charge on any atom is -0.461 e. The summed E-state index contributed by atoms with van der Waals surface area (Å²) in [5.41, 5.74) is 2.38. The Hall–Kier alpha value is -3.47. The molecule has 3 rings (SSSR count). The number of ether oxygens (including phenoxy) is 1. The van der Waals surface area contributed by atoms with Gasteiger partial charge in [0, 0.05) is 41.4 Å². The average molecular weight is 381 g/mol. The van der Waals surface area contributed by atoms with Gasteiger partial charge in [0.15, 0.2) is 5.78 Å². The van der Waals surface area contributed by atoms with E-state index in [4.69, 9.17) is 10.00 Å². The van der Waals surface area contributed by atoms with Crippen LogP contribution in [0.1, 0.15) is 44.1 Å². The second-order valence-electron chi connectivity index (χ2n) is 6.66. The first-order valence-corrected chi connectivity index (χ1v) is 8.96. The van der Waals surface area contributed by atoms with Gasteiger partial charge in [0.25, 0.3) is 5.69 Å². The van der Waals surface area contributed by atoms with E-state index >= 15 is 0 Å². The molecule has 1 unspecified atom stereocenters. The number of carbonyl (C=O) groups is 2. The number of carbonyl (C=O) groups excluding carboxylic acids is 2. The van der Waals surface area contributed by atoms with Gasteiger partial charge in [-0.1, -0.05) is 12.1 Å². The smallest absolute Gasteiger partial charge is 0.336 e. The number of allylic oxidation sites excluding steroid dienone is 3. The van der Waals surface area contributed by atoms with Gasteiger partial charge in [-0.15, -0.1) is 0 Å². The summed E-state index contributed by atoms with van der Waals surface area (Å²) in [6.45, 7) is 1.65. The predicted octanol–water partition coefficient (Wildman–Crippen LogP) is 3.02. The molecule has 1 aromatic rings. The summed E-state index contributed by atoms with van der Waals surface area (Å²) in [6.07, 6.45) is 1.80. The van der Waals surface area contributed by atoms with Crippen LogP contribution < -0.4 is 5.32 Å². The zero-order chi connectivity index (χ0) is 20.3. The van der Waals surface area contributed by atoms with Crippen LogP contribution in [0.3, 0.4) is 0 Å². The zero-order valence-electron chi connectivity index (χ0n) is 15.4. The minimum atomic E-state index is -0.737. The number of nitro groups is 1. The standard InChI is InChI=1S/C20H19N3O5/c1-12-17(20(25)28-10-4-9-21)18(13-5-2-6-14(11-13)23(26)27)19-15(22-12)7-3-8-16(19)24/h2,5-6,11,18,22H,3-4,7-8,10H2,1H3. The van der Waals surface area contributed by atoms with Gasteiger partial charge in [-0.3, -0.25) is 14.9 Å². The lowest BCUT2D eigenvalue weighted by Gasteiger charge is -2.34. The fourth-order valence-corrected chi connectivity index (χ4v) is 3.67. The highest BCUT2D eigenvalue weighted by atomic mass is 16.6. The molecule has 1 heterocycles. The van der Waals surface area contributed by atoms with Crippen LogP contribution in [0.5, 0.6) is 0 Å². The van der Waals surface area contributed by atoms with Crippen LogP contribution in [-0.2, 0) is 14.3 Å². The van der Waals surface area contributed by atoms with Gasteiger partial charge < -0.3 is 10.1 Å². The summed E-state index contributed by atoms with van der Waals surface area (Å²) >= 11 is 0. The van der Waals surface area contributed by atoms with Crippen molar-refractivity contribution in [3.63, 3.8) is 0 Å². The van der Waals surface area contributed by atoms with Gasteiger partial charge in [-0.25, -0.2) is 4.79 Å². The predicted molar refractivity (Wildman–Crippen MR) is 98.7 cm³/mol. The highest BCUT2D eigenvalue weighted by Crippen LogP contribution is 2.43. The van der Waals surface area contributed by atoms with Crippen LogP contribution in [-0.4, -0.2) is 23.3 Å². The minimum absolute atomic E-state index is 0.0554. The van der Waals surface area contributed by atoms with E-state index in [-0.39, 0.29) is 30.1 Å². The van der Waals surface area contributed by atoms with Gasteiger partial charge in [-0.05, 0) is 25.3 Å². The number of non-ortho nitro benzene ring substituents is 1. The highest BCUT2D eigenvalue weighted by molar-refractivity contribution is 6.03. The van der Waals surface area contributed by atoms with E-state index in [1.54, 1.807) is 13.0 Å². The number of nitro benzene ring substituents is 1. The Balaban J connectivity index is 2.11. The molecule has 1 N–H and O–H groups in total. The molecule has 0 amide bonds. The number of esters is 1.